The van der Waals surface area contributed by atoms with Crippen LogP contribution in [0.5, 0.6) is 0 Å². The molecule has 1 aliphatic heterocycles. The van der Waals surface area contributed by atoms with Crippen LogP contribution in [0.4, 0.5) is 0 Å². The van der Waals surface area contributed by atoms with Gasteiger partial charge in [0.1, 0.15) is 0 Å². The van der Waals surface area contributed by atoms with Crippen molar-refractivity contribution in [3.05, 3.63) is 0 Å². The summed E-state index contributed by atoms with van der Waals surface area (Å²) in [5.41, 5.74) is 0.344. The number of alkyl halides is 1. The highest BCUT2D eigenvalue weighted by atomic mass is 79.9. The van der Waals surface area contributed by atoms with E-state index in [0.717, 1.165) is 23.3 Å². The van der Waals surface area contributed by atoms with Crippen molar-refractivity contribution in [2.24, 2.45) is 11.8 Å². The second kappa shape index (κ2) is 5.21. The maximum atomic E-state index is 6.07. The minimum Gasteiger partial charge on any atom is -0.375 e. The summed E-state index contributed by atoms with van der Waals surface area (Å²) < 4.78 is 6.07. The van der Waals surface area contributed by atoms with E-state index in [9.17, 15) is 0 Å². The largest absolute Gasteiger partial charge is 0.375 e. The van der Waals surface area contributed by atoms with E-state index in [1.54, 1.807) is 0 Å². The third-order valence-corrected chi connectivity index (χ3v) is 6.19. The molecule has 0 aromatic heterocycles. The van der Waals surface area contributed by atoms with Crippen LogP contribution in [-0.2, 0) is 4.74 Å². The minimum atomic E-state index is 0.344. The van der Waals surface area contributed by atoms with Crippen molar-refractivity contribution >= 4 is 15.9 Å². The maximum Gasteiger partial charge on any atom is 0.0685 e. The van der Waals surface area contributed by atoms with Crippen molar-refractivity contribution in [3.8, 4) is 0 Å². The van der Waals surface area contributed by atoms with E-state index in [2.05, 4.69) is 15.9 Å². The topological polar surface area (TPSA) is 9.23 Å². The van der Waals surface area contributed by atoms with Crippen LogP contribution in [0.2, 0.25) is 0 Å². The Morgan fingerprint density at radius 2 is 1.76 bits per heavy atom. The van der Waals surface area contributed by atoms with Gasteiger partial charge in [-0.3, -0.25) is 0 Å². The van der Waals surface area contributed by atoms with Crippen molar-refractivity contribution in [2.75, 3.05) is 6.61 Å². The molecule has 3 aliphatic rings. The Hall–Kier alpha value is 0.440. The Kier molecular flexibility index (Phi) is 3.82. The van der Waals surface area contributed by atoms with Gasteiger partial charge >= 0.3 is 0 Å². The molecule has 0 aromatic rings. The predicted molar refractivity (Wildman–Crippen MR) is 74.5 cm³/mol. The quantitative estimate of drug-likeness (QED) is 0.505. The Morgan fingerprint density at radius 3 is 2.53 bits per heavy atom. The summed E-state index contributed by atoms with van der Waals surface area (Å²) in [7, 11) is 0. The number of ether oxygens (including phenoxy) is 1. The molecule has 2 saturated carbocycles. The van der Waals surface area contributed by atoms with Crippen LogP contribution in [0.3, 0.4) is 0 Å². The molecule has 1 heterocycles. The molecule has 1 spiro atoms. The molecule has 3 unspecified atom stereocenters. The molecule has 3 rings (SSSR count). The fraction of sp³-hybridized carbons (Fsp3) is 1.00. The van der Waals surface area contributed by atoms with Crippen LogP contribution in [0.25, 0.3) is 0 Å². The molecule has 17 heavy (non-hydrogen) atoms. The Bertz CT molecular complexity index is 262. The normalized spacial score (nSPS) is 41.8. The third-order valence-electron chi connectivity index (χ3n) is 5.36. The van der Waals surface area contributed by atoms with Gasteiger partial charge in [-0.1, -0.05) is 35.2 Å². The Morgan fingerprint density at radius 1 is 0.941 bits per heavy atom. The Labute approximate surface area is 114 Å². The predicted octanol–water partition coefficient (Wildman–Crippen LogP) is 4.68. The highest BCUT2D eigenvalue weighted by Crippen LogP contribution is 2.48. The first-order valence-electron chi connectivity index (χ1n) is 7.55. The zero-order chi connectivity index (χ0) is 11.7. The lowest BCUT2D eigenvalue weighted by Gasteiger charge is -2.49. The van der Waals surface area contributed by atoms with Crippen LogP contribution in [-0.4, -0.2) is 17.0 Å². The third kappa shape index (κ3) is 2.73. The number of halogens is 1. The Balaban J connectivity index is 1.62. The summed E-state index contributed by atoms with van der Waals surface area (Å²) in [6.45, 7) is 1.04. The number of hydrogen-bond acceptors (Lipinski definition) is 1. The van der Waals surface area contributed by atoms with E-state index in [1.807, 2.05) is 0 Å². The highest BCUT2D eigenvalue weighted by Gasteiger charge is 2.44. The van der Waals surface area contributed by atoms with E-state index >= 15 is 0 Å². The van der Waals surface area contributed by atoms with Gasteiger partial charge in [0, 0.05) is 11.4 Å². The van der Waals surface area contributed by atoms with Gasteiger partial charge in [0.05, 0.1) is 5.60 Å². The molecule has 2 heteroatoms. The molecule has 0 aromatic carbocycles. The van der Waals surface area contributed by atoms with E-state index in [4.69, 9.17) is 4.74 Å². The lowest BCUT2D eigenvalue weighted by Crippen LogP contribution is -2.47. The summed E-state index contributed by atoms with van der Waals surface area (Å²) in [5, 5.41) is 0. The lowest BCUT2D eigenvalue weighted by molar-refractivity contribution is -0.150. The summed E-state index contributed by atoms with van der Waals surface area (Å²) in [5.74, 6) is 1.94. The number of rotatable bonds is 1. The van der Waals surface area contributed by atoms with Gasteiger partial charge in [-0.2, -0.15) is 0 Å². The van der Waals surface area contributed by atoms with Crippen molar-refractivity contribution < 1.29 is 4.74 Å². The van der Waals surface area contributed by atoms with E-state index in [1.165, 1.54) is 64.2 Å². The first-order chi connectivity index (χ1) is 8.27. The number of hydrogen-bond donors (Lipinski definition) is 0. The van der Waals surface area contributed by atoms with Gasteiger partial charge in [0.2, 0.25) is 0 Å². The van der Waals surface area contributed by atoms with Gasteiger partial charge in [0.25, 0.3) is 0 Å². The summed E-state index contributed by atoms with van der Waals surface area (Å²) in [6, 6.07) is 0. The van der Waals surface area contributed by atoms with E-state index < -0.39 is 0 Å². The summed E-state index contributed by atoms with van der Waals surface area (Å²) in [6.07, 6.45) is 14.0. The van der Waals surface area contributed by atoms with Gasteiger partial charge in [-0.15, -0.1) is 0 Å². The molecule has 2 aliphatic carbocycles. The maximum absolute atomic E-state index is 6.07. The van der Waals surface area contributed by atoms with Crippen molar-refractivity contribution in [1.29, 1.82) is 0 Å². The van der Waals surface area contributed by atoms with Crippen LogP contribution >= 0.6 is 15.9 Å². The second-order valence-corrected chi connectivity index (χ2v) is 7.81. The standard InChI is InChI=1S/C15H25BrO/c16-14-5-2-1-4-12(10-14)13-6-9-17-15(11-13)7-3-8-15/h12-14H,1-11H2. The van der Waals surface area contributed by atoms with Crippen molar-refractivity contribution in [3.63, 3.8) is 0 Å². The van der Waals surface area contributed by atoms with Gasteiger partial charge in [-0.25, -0.2) is 0 Å². The molecular formula is C15H25BrO. The molecule has 1 saturated heterocycles. The molecule has 3 fully saturated rings. The molecule has 0 bridgehead atoms. The van der Waals surface area contributed by atoms with Gasteiger partial charge in [0.15, 0.2) is 0 Å². The van der Waals surface area contributed by atoms with Crippen molar-refractivity contribution in [1.82, 2.24) is 0 Å². The fourth-order valence-corrected chi connectivity index (χ4v) is 4.96. The van der Waals surface area contributed by atoms with Gasteiger partial charge in [-0.05, 0) is 56.8 Å². The first kappa shape index (κ1) is 12.5. The van der Waals surface area contributed by atoms with Crippen LogP contribution in [0.1, 0.15) is 64.2 Å². The average Bonchev–Trinajstić information content (AvgIpc) is 2.52. The molecule has 98 valence electrons. The van der Waals surface area contributed by atoms with Crippen LogP contribution < -0.4 is 0 Å². The zero-order valence-corrected chi connectivity index (χ0v) is 12.4. The monoisotopic (exact) mass is 300 g/mol. The van der Waals surface area contributed by atoms with Crippen LogP contribution in [0.15, 0.2) is 0 Å². The molecule has 3 atom stereocenters. The minimum absolute atomic E-state index is 0.344. The zero-order valence-electron chi connectivity index (χ0n) is 10.8. The summed E-state index contributed by atoms with van der Waals surface area (Å²) in [4.78, 5) is 0.787. The molecule has 1 nitrogen and oxygen atoms in total. The average molecular weight is 301 g/mol. The van der Waals surface area contributed by atoms with E-state index in [-0.39, 0.29) is 0 Å². The first-order valence-corrected chi connectivity index (χ1v) is 8.47. The smallest absolute Gasteiger partial charge is 0.0685 e. The molecule has 0 N–H and O–H groups in total. The SMILES string of the molecule is BrC1CCCCC(C2CCOC3(CCC3)C2)C1. The van der Waals surface area contributed by atoms with Gasteiger partial charge < -0.3 is 4.74 Å². The molecular weight excluding hydrogens is 276 g/mol. The lowest BCUT2D eigenvalue weighted by atomic mass is 9.68. The molecule has 0 amide bonds. The van der Waals surface area contributed by atoms with Crippen molar-refractivity contribution in [2.45, 2.75) is 74.6 Å². The molecule has 0 radical (unpaired) electrons. The van der Waals surface area contributed by atoms with E-state index in [0.29, 0.717) is 5.60 Å². The fourth-order valence-electron chi connectivity index (χ4n) is 4.15. The second-order valence-electron chi connectivity index (χ2n) is 6.52. The summed E-state index contributed by atoms with van der Waals surface area (Å²) >= 11 is 3.87. The van der Waals surface area contributed by atoms with Crippen LogP contribution in [0, 0.1) is 11.8 Å². The highest BCUT2D eigenvalue weighted by molar-refractivity contribution is 9.09.